The smallest absolute Gasteiger partial charge is 0.263 e. The fraction of sp³-hybridized carbons (Fsp3) is 0.500. The molecule has 1 amide bonds. The average molecular weight is 268 g/mol. The van der Waals surface area contributed by atoms with Gasteiger partial charge in [0, 0.05) is 13.6 Å². The highest BCUT2D eigenvalue weighted by Crippen LogP contribution is 2.30. The molecule has 3 nitrogen and oxygen atoms in total. The molecule has 18 heavy (non-hydrogen) atoms. The first kappa shape index (κ1) is 13.2. The summed E-state index contributed by atoms with van der Waals surface area (Å²) in [5, 5.41) is 0.530. The highest BCUT2D eigenvalue weighted by Gasteiger charge is 2.27. The van der Waals surface area contributed by atoms with Crippen molar-refractivity contribution in [1.29, 1.82) is 0 Å². The van der Waals surface area contributed by atoms with Crippen molar-refractivity contribution in [3.05, 3.63) is 29.3 Å². The van der Waals surface area contributed by atoms with Crippen LogP contribution >= 0.6 is 11.6 Å². The molecule has 0 aromatic heterocycles. The molecule has 2 rings (SSSR count). The molecular formula is C14H18ClNO2. The molecule has 1 unspecified atom stereocenters. The second kappa shape index (κ2) is 5.61. The minimum atomic E-state index is -0.506. The Morgan fingerprint density at radius 1 is 1.50 bits per heavy atom. The van der Waals surface area contributed by atoms with Gasteiger partial charge in [0.25, 0.3) is 5.91 Å². The van der Waals surface area contributed by atoms with E-state index in [1.54, 1.807) is 24.0 Å². The quantitative estimate of drug-likeness (QED) is 0.821. The zero-order valence-corrected chi connectivity index (χ0v) is 11.5. The first-order valence-electron chi connectivity index (χ1n) is 6.24. The molecule has 0 spiro atoms. The number of para-hydroxylation sites is 1. The maximum atomic E-state index is 12.1. The van der Waals surface area contributed by atoms with Crippen molar-refractivity contribution in [2.45, 2.75) is 25.9 Å². The lowest BCUT2D eigenvalue weighted by atomic mass is 10.3. The number of likely N-dealkylation sites (N-methyl/N-ethyl adjacent to an activating group) is 1. The zero-order valence-electron chi connectivity index (χ0n) is 10.7. The van der Waals surface area contributed by atoms with Crippen molar-refractivity contribution in [1.82, 2.24) is 4.90 Å². The van der Waals surface area contributed by atoms with E-state index in [0.717, 1.165) is 6.54 Å². The van der Waals surface area contributed by atoms with Crippen LogP contribution in [0.15, 0.2) is 24.3 Å². The van der Waals surface area contributed by atoms with Gasteiger partial charge in [-0.15, -0.1) is 0 Å². The van der Waals surface area contributed by atoms with Gasteiger partial charge >= 0.3 is 0 Å². The summed E-state index contributed by atoms with van der Waals surface area (Å²) < 4.78 is 5.61. The number of amides is 1. The number of halogens is 1. The first-order valence-corrected chi connectivity index (χ1v) is 6.62. The van der Waals surface area contributed by atoms with E-state index in [4.69, 9.17) is 16.3 Å². The van der Waals surface area contributed by atoms with Crippen molar-refractivity contribution in [3.8, 4) is 5.75 Å². The Kier molecular flexibility index (Phi) is 4.12. The van der Waals surface area contributed by atoms with E-state index >= 15 is 0 Å². The summed E-state index contributed by atoms with van der Waals surface area (Å²) in [4.78, 5) is 13.8. The van der Waals surface area contributed by atoms with Crippen LogP contribution in [-0.2, 0) is 4.79 Å². The number of carbonyl (C=O) groups excluding carboxylic acids is 1. The number of hydrogen-bond donors (Lipinski definition) is 0. The van der Waals surface area contributed by atoms with E-state index in [2.05, 4.69) is 0 Å². The standard InChI is InChI=1S/C14H18ClNO2/c1-10(14(17)16(2)9-11-7-8-11)18-13-6-4-3-5-12(13)15/h3-6,10-11H,7-9H2,1-2H3. The number of rotatable bonds is 5. The van der Waals surface area contributed by atoms with Crippen LogP contribution in [0, 0.1) is 5.92 Å². The fourth-order valence-electron chi connectivity index (χ4n) is 1.87. The Morgan fingerprint density at radius 3 is 2.78 bits per heavy atom. The normalized spacial score (nSPS) is 16.2. The molecule has 1 aromatic carbocycles. The molecule has 4 heteroatoms. The molecule has 1 aliphatic carbocycles. The predicted octanol–water partition coefficient (Wildman–Crippen LogP) is 2.98. The van der Waals surface area contributed by atoms with Gasteiger partial charge in [-0.25, -0.2) is 0 Å². The van der Waals surface area contributed by atoms with Crippen LogP contribution in [0.5, 0.6) is 5.75 Å². The van der Waals surface area contributed by atoms with Gasteiger partial charge in [0.05, 0.1) is 5.02 Å². The molecule has 0 saturated heterocycles. The third kappa shape index (κ3) is 3.39. The van der Waals surface area contributed by atoms with Gasteiger partial charge in [-0.05, 0) is 37.8 Å². The van der Waals surface area contributed by atoms with Crippen LogP contribution in [0.3, 0.4) is 0 Å². The summed E-state index contributed by atoms with van der Waals surface area (Å²) >= 11 is 6.00. The van der Waals surface area contributed by atoms with Gasteiger partial charge < -0.3 is 9.64 Å². The summed E-state index contributed by atoms with van der Waals surface area (Å²) in [5.41, 5.74) is 0. The van der Waals surface area contributed by atoms with Crippen molar-refractivity contribution in [2.24, 2.45) is 5.92 Å². The van der Waals surface area contributed by atoms with Crippen LogP contribution in [-0.4, -0.2) is 30.5 Å². The number of ether oxygens (including phenoxy) is 1. The molecule has 1 aromatic rings. The van der Waals surface area contributed by atoms with Crippen molar-refractivity contribution < 1.29 is 9.53 Å². The zero-order chi connectivity index (χ0) is 13.1. The second-order valence-electron chi connectivity index (χ2n) is 4.85. The van der Waals surface area contributed by atoms with E-state index in [1.165, 1.54) is 12.8 Å². The lowest BCUT2D eigenvalue weighted by Crippen LogP contribution is -2.39. The number of carbonyl (C=O) groups is 1. The van der Waals surface area contributed by atoms with Gasteiger partial charge in [-0.1, -0.05) is 23.7 Å². The van der Waals surface area contributed by atoms with Gasteiger partial charge in [0.1, 0.15) is 5.75 Å². The number of hydrogen-bond acceptors (Lipinski definition) is 2. The van der Waals surface area contributed by atoms with Gasteiger partial charge in [-0.2, -0.15) is 0 Å². The molecule has 1 fully saturated rings. The predicted molar refractivity (Wildman–Crippen MR) is 71.9 cm³/mol. The summed E-state index contributed by atoms with van der Waals surface area (Å²) in [5.74, 6) is 1.24. The summed E-state index contributed by atoms with van der Waals surface area (Å²) in [7, 11) is 1.83. The summed E-state index contributed by atoms with van der Waals surface area (Å²) in [6.07, 6.45) is 1.96. The Morgan fingerprint density at radius 2 is 2.17 bits per heavy atom. The molecule has 0 heterocycles. The number of benzene rings is 1. The highest BCUT2D eigenvalue weighted by molar-refractivity contribution is 6.32. The number of nitrogens with zero attached hydrogens (tertiary/aromatic N) is 1. The van der Waals surface area contributed by atoms with Gasteiger partial charge in [-0.3, -0.25) is 4.79 Å². The van der Waals surface area contributed by atoms with E-state index in [9.17, 15) is 4.79 Å². The van der Waals surface area contributed by atoms with Crippen molar-refractivity contribution >= 4 is 17.5 Å². The highest BCUT2D eigenvalue weighted by atomic mass is 35.5. The topological polar surface area (TPSA) is 29.5 Å². The molecule has 0 radical (unpaired) electrons. The summed E-state index contributed by atoms with van der Waals surface area (Å²) in [6.45, 7) is 2.59. The third-order valence-electron chi connectivity index (χ3n) is 3.09. The molecule has 0 N–H and O–H groups in total. The molecule has 1 saturated carbocycles. The maximum Gasteiger partial charge on any atom is 0.263 e. The van der Waals surface area contributed by atoms with E-state index in [0.29, 0.717) is 16.7 Å². The van der Waals surface area contributed by atoms with Gasteiger partial charge in [0.15, 0.2) is 6.10 Å². The molecule has 0 aliphatic heterocycles. The first-order chi connectivity index (χ1) is 8.58. The van der Waals surface area contributed by atoms with E-state index in [-0.39, 0.29) is 5.91 Å². The lowest BCUT2D eigenvalue weighted by molar-refractivity contribution is -0.136. The maximum absolute atomic E-state index is 12.1. The molecule has 0 bridgehead atoms. The lowest BCUT2D eigenvalue weighted by Gasteiger charge is -2.22. The molecule has 1 aliphatic rings. The summed E-state index contributed by atoms with van der Waals surface area (Å²) in [6, 6.07) is 7.20. The van der Waals surface area contributed by atoms with Crippen LogP contribution < -0.4 is 4.74 Å². The minimum absolute atomic E-state index is 0.00168. The largest absolute Gasteiger partial charge is 0.479 e. The monoisotopic (exact) mass is 267 g/mol. The Bertz CT molecular complexity index is 432. The van der Waals surface area contributed by atoms with Crippen LogP contribution in [0.2, 0.25) is 5.02 Å². The minimum Gasteiger partial charge on any atom is -0.479 e. The van der Waals surface area contributed by atoms with E-state index in [1.807, 2.05) is 19.2 Å². The van der Waals surface area contributed by atoms with Crippen LogP contribution in [0.25, 0.3) is 0 Å². The van der Waals surface area contributed by atoms with Crippen LogP contribution in [0.4, 0.5) is 0 Å². The van der Waals surface area contributed by atoms with Crippen LogP contribution in [0.1, 0.15) is 19.8 Å². The van der Waals surface area contributed by atoms with Crippen molar-refractivity contribution in [3.63, 3.8) is 0 Å². The fourth-order valence-corrected chi connectivity index (χ4v) is 2.05. The van der Waals surface area contributed by atoms with E-state index < -0.39 is 6.10 Å². The second-order valence-corrected chi connectivity index (χ2v) is 5.26. The molecule has 98 valence electrons. The SMILES string of the molecule is CC(Oc1ccccc1Cl)C(=O)N(C)CC1CC1. The Balaban J connectivity index is 1.92. The van der Waals surface area contributed by atoms with Gasteiger partial charge in [0.2, 0.25) is 0 Å². The Hall–Kier alpha value is -1.22. The average Bonchev–Trinajstić information content (AvgIpc) is 3.15. The Labute approximate surface area is 113 Å². The van der Waals surface area contributed by atoms with Crippen molar-refractivity contribution in [2.75, 3.05) is 13.6 Å². The molecule has 1 atom stereocenters. The molecular weight excluding hydrogens is 250 g/mol. The third-order valence-corrected chi connectivity index (χ3v) is 3.41.